The molecule has 2 N–H and O–H groups in total. The lowest BCUT2D eigenvalue weighted by Crippen LogP contribution is -2.47. The standard InChI is InChI=1S/C17H34N2/c1-14(2)12-15(13-18)9-11-19-10-5-7-16-6-3-4-8-17(16)19/h14-17H,3-13,18H2,1-2H3. The second-order valence-corrected chi connectivity index (χ2v) is 7.31. The number of fused-ring (bicyclic) bond motifs is 1. The van der Waals surface area contributed by atoms with E-state index in [4.69, 9.17) is 5.73 Å². The minimum Gasteiger partial charge on any atom is -0.330 e. The van der Waals surface area contributed by atoms with Gasteiger partial charge in [-0.15, -0.1) is 0 Å². The third kappa shape index (κ3) is 4.46. The predicted molar refractivity (Wildman–Crippen MR) is 83.2 cm³/mol. The Morgan fingerprint density at radius 3 is 2.58 bits per heavy atom. The maximum absolute atomic E-state index is 5.95. The highest BCUT2D eigenvalue weighted by Crippen LogP contribution is 2.35. The van der Waals surface area contributed by atoms with Gasteiger partial charge in [0.05, 0.1) is 0 Å². The molecule has 0 aromatic heterocycles. The van der Waals surface area contributed by atoms with Gasteiger partial charge >= 0.3 is 0 Å². The maximum atomic E-state index is 5.95. The Bertz CT molecular complexity index is 250. The quantitative estimate of drug-likeness (QED) is 0.795. The average molecular weight is 266 g/mol. The van der Waals surface area contributed by atoms with Crippen molar-refractivity contribution in [2.24, 2.45) is 23.5 Å². The van der Waals surface area contributed by atoms with Gasteiger partial charge in [-0.3, -0.25) is 0 Å². The Hall–Kier alpha value is -0.0800. The second kappa shape index (κ2) is 7.64. The van der Waals surface area contributed by atoms with Crippen molar-refractivity contribution in [2.45, 2.75) is 71.3 Å². The minimum atomic E-state index is 0.740. The highest BCUT2D eigenvalue weighted by Gasteiger charge is 2.32. The molecular weight excluding hydrogens is 232 g/mol. The third-order valence-corrected chi connectivity index (χ3v) is 5.32. The van der Waals surface area contributed by atoms with Crippen LogP contribution in [0, 0.1) is 17.8 Å². The number of hydrogen-bond acceptors (Lipinski definition) is 2. The van der Waals surface area contributed by atoms with Crippen LogP contribution in [0.5, 0.6) is 0 Å². The molecular formula is C17H34N2. The summed E-state index contributed by atoms with van der Waals surface area (Å²) in [6, 6.07) is 0.917. The van der Waals surface area contributed by atoms with Crippen molar-refractivity contribution < 1.29 is 0 Å². The fraction of sp³-hybridized carbons (Fsp3) is 1.00. The van der Waals surface area contributed by atoms with Crippen LogP contribution in [-0.2, 0) is 0 Å². The van der Waals surface area contributed by atoms with E-state index in [1.807, 2.05) is 0 Å². The molecule has 3 atom stereocenters. The first-order valence-corrected chi connectivity index (χ1v) is 8.64. The van der Waals surface area contributed by atoms with Gasteiger partial charge in [-0.05, 0) is 75.9 Å². The monoisotopic (exact) mass is 266 g/mol. The van der Waals surface area contributed by atoms with Crippen molar-refractivity contribution in [1.82, 2.24) is 4.90 Å². The molecule has 2 rings (SSSR count). The fourth-order valence-electron chi connectivity index (χ4n) is 4.35. The molecule has 3 unspecified atom stereocenters. The highest BCUT2D eigenvalue weighted by atomic mass is 15.2. The van der Waals surface area contributed by atoms with Gasteiger partial charge in [-0.1, -0.05) is 26.7 Å². The molecule has 0 spiro atoms. The lowest BCUT2D eigenvalue weighted by molar-refractivity contribution is 0.0557. The third-order valence-electron chi connectivity index (χ3n) is 5.32. The molecule has 19 heavy (non-hydrogen) atoms. The molecule has 1 saturated heterocycles. The topological polar surface area (TPSA) is 29.3 Å². The molecule has 2 nitrogen and oxygen atoms in total. The molecule has 0 aromatic rings. The summed E-state index contributed by atoms with van der Waals surface area (Å²) in [6.45, 7) is 8.16. The normalized spacial score (nSPS) is 30.3. The number of hydrogen-bond donors (Lipinski definition) is 1. The summed E-state index contributed by atoms with van der Waals surface area (Å²) in [6.07, 6.45) is 11.4. The molecule has 0 bridgehead atoms. The summed E-state index contributed by atoms with van der Waals surface area (Å²) in [5.74, 6) is 2.55. The van der Waals surface area contributed by atoms with Crippen LogP contribution >= 0.6 is 0 Å². The summed E-state index contributed by atoms with van der Waals surface area (Å²) in [7, 11) is 0. The van der Waals surface area contributed by atoms with Gasteiger partial charge in [-0.25, -0.2) is 0 Å². The van der Waals surface area contributed by atoms with Gasteiger partial charge in [0.2, 0.25) is 0 Å². The van der Waals surface area contributed by atoms with Gasteiger partial charge in [0.1, 0.15) is 0 Å². The molecule has 112 valence electrons. The predicted octanol–water partition coefficient (Wildman–Crippen LogP) is 3.65. The van der Waals surface area contributed by atoms with Crippen LogP contribution < -0.4 is 5.73 Å². The molecule has 2 fully saturated rings. The van der Waals surface area contributed by atoms with E-state index in [0.29, 0.717) is 0 Å². The number of piperidine rings is 1. The Labute approximate surface area is 120 Å². The van der Waals surface area contributed by atoms with E-state index in [1.165, 1.54) is 64.5 Å². The van der Waals surface area contributed by atoms with Gasteiger partial charge in [0, 0.05) is 6.04 Å². The van der Waals surface area contributed by atoms with E-state index in [1.54, 1.807) is 0 Å². The summed E-state index contributed by atoms with van der Waals surface area (Å²) in [5, 5.41) is 0. The van der Waals surface area contributed by atoms with Gasteiger partial charge in [0.15, 0.2) is 0 Å². The number of nitrogens with zero attached hydrogens (tertiary/aromatic N) is 1. The lowest BCUT2D eigenvalue weighted by atomic mass is 9.78. The summed E-state index contributed by atoms with van der Waals surface area (Å²) < 4.78 is 0. The van der Waals surface area contributed by atoms with Crippen molar-refractivity contribution in [3.63, 3.8) is 0 Å². The molecule has 0 radical (unpaired) electrons. The van der Waals surface area contributed by atoms with Crippen molar-refractivity contribution in [3.05, 3.63) is 0 Å². The van der Waals surface area contributed by atoms with E-state index in [-0.39, 0.29) is 0 Å². The van der Waals surface area contributed by atoms with Gasteiger partial charge < -0.3 is 10.6 Å². The molecule has 2 heteroatoms. The van der Waals surface area contributed by atoms with Gasteiger partial charge in [0.25, 0.3) is 0 Å². The zero-order chi connectivity index (χ0) is 13.7. The zero-order valence-electron chi connectivity index (χ0n) is 13.1. The van der Waals surface area contributed by atoms with Crippen LogP contribution in [0.4, 0.5) is 0 Å². The Balaban J connectivity index is 1.80. The first kappa shape index (κ1) is 15.3. The van der Waals surface area contributed by atoms with Crippen molar-refractivity contribution in [1.29, 1.82) is 0 Å². The van der Waals surface area contributed by atoms with Crippen LogP contribution in [0.15, 0.2) is 0 Å². The van der Waals surface area contributed by atoms with Crippen LogP contribution in [0.25, 0.3) is 0 Å². The minimum absolute atomic E-state index is 0.740. The van der Waals surface area contributed by atoms with Gasteiger partial charge in [-0.2, -0.15) is 0 Å². The maximum Gasteiger partial charge on any atom is 0.0123 e. The summed E-state index contributed by atoms with van der Waals surface area (Å²) >= 11 is 0. The van der Waals surface area contributed by atoms with Crippen molar-refractivity contribution in [2.75, 3.05) is 19.6 Å². The highest BCUT2D eigenvalue weighted by molar-refractivity contribution is 4.87. The molecule has 0 aromatic carbocycles. The Morgan fingerprint density at radius 1 is 1.11 bits per heavy atom. The summed E-state index contributed by atoms with van der Waals surface area (Å²) in [4.78, 5) is 2.82. The fourth-order valence-corrected chi connectivity index (χ4v) is 4.35. The SMILES string of the molecule is CC(C)CC(CN)CCN1CCCC2CCCCC21. The molecule has 0 amide bonds. The summed E-state index contributed by atoms with van der Waals surface area (Å²) in [5.41, 5.74) is 5.95. The zero-order valence-corrected chi connectivity index (χ0v) is 13.1. The van der Waals surface area contributed by atoms with E-state index in [2.05, 4.69) is 18.7 Å². The molecule has 1 heterocycles. The van der Waals surface area contributed by atoms with E-state index >= 15 is 0 Å². The Kier molecular flexibility index (Phi) is 6.15. The molecule has 1 aliphatic heterocycles. The molecule has 2 aliphatic rings. The number of rotatable bonds is 6. The Morgan fingerprint density at radius 2 is 1.84 bits per heavy atom. The number of nitrogens with two attached hydrogens (primary N) is 1. The van der Waals surface area contributed by atoms with Crippen LogP contribution in [-0.4, -0.2) is 30.6 Å². The smallest absolute Gasteiger partial charge is 0.0123 e. The molecule has 1 aliphatic carbocycles. The number of likely N-dealkylation sites (tertiary alicyclic amines) is 1. The molecule has 1 saturated carbocycles. The lowest BCUT2D eigenvalue weighted by Gasteiger charge is -2.44. The van der Waals surface area contributed by atoms with E-state index < -0.39 is 0 Å². The van der Waals surface area contributed by atoms with Crippen molar-refractivity contribution >= 4 is 0 Å². The van der Waals surface area contributed by atoms with Crippen LogP contribution in [0.3, 0.4) is 0 Å². The van der Waals surface area contributed by atoms with Crippen molar-refractivity contribution in [3.8, 4) is 0 Å². The first-order chi connectivity index (χ1) is 9.20. The largest absolute Gasteiger partial charge is 0.330 e. The van der Waals surface area contributed by atoms with E-state index in [0.717, 1.165) is 30.3 Å². The van der Waals surface area contributed by atoms with Crippen LogP contribution in [0.2, 0.25) is 0 Å². The van der Waals surface area contributed by atoms with E-state index in [9.17, 15) is 0 Å². The first-order valence-electron chi connectivity index (χ1n) is 8.64. The second-order valence-electron chi connectivity index (χ2n) is 7.31. The van der Waals surface area contributed by atoms with Crippen LogP contribution in [0.1, 0.15) is 65.2 Å². The average Bonchev–Trinajstić information content (AvgIpc) is 2.43.